The normalized spacial score (nSPS) is 15.7. The molecule has 1 aliphatic rings. The van der Waals surface area contributed by atoms with Crippen molar-refractivity contribution in [2.45, 2.75) is 18.9 Å². The number of hydrogen-bond acceptors (Lipinski definition) is 6. The van der Waals surface area contributed by atoms with Crippen LogP contribution in [-0.2, 0) is 6.54 Å². The van der Waals surface area contributed by atoms with E-state index in [0.717, 1.165) is 49.5 Å². The molecule has 0 unspecified atom stereocenters. The number of hydrogen-bond donors (Lipinski definition) is 2. The Morgan fingerprint density at radius 2 is 1.95 bits per heavy atom. The highest BCUT2D eigenvalue weighted by Crippen LogP contribution is 2.35. The number of likely N-dealkylation sites (tertiary alicyclic amines) is 1. The number of alkyl halides is 2. The van der Waals surface area contributed by atoms with Crippen molar-refractivity contribution in [3.8, 4) is 33.2 Å². The fourth-order valence-corrected chi connectivity index (χ4v) is 5.72. The highest BCUT2D eigenvalue weighted by molar-refractivity contribution is 7.13. The maximum absolute atomic E-state index is 13.7. The zero-order chi connectivity index (χ0) is 25.9. The van der Waals surface area contributed by atoms with Gasteiger partial charge in [0.25, 0.3) is 5.92 Å². The van der Waals surface area contributed by atoms with Gasteiger partial charge in [-0.3, -0.25) is 20.0 Å². The summed E-state index contributed by atoms with van der Waals surface area (Å²) in [7, 11) is 0. The Hall–Kier alpha value is -4.09. The van der Waals surface area contributed by atoms with E-state index in [1.807, 2.05) is 30.3 Å². The first kappa shape index (κ1) is 23.1. The highest BCUT2D eigenvalue weighted by atomic mass is 32.1. The van der Waals surface area contributed by atoms with Crippen LogP contribution in [0.2, 0.25) is 0 Å². The summed E-state index contributed by atoms with van der Waals surface area (Å²) >= 11 is 1.05. The molecule has 0 saturated carbocycles. The van der Waals surface area contributed by atoms with E-state index in [2.05, 4.69) is 25.1 Å². The number of thiophene rings is 1. The van der Waals surface area contributed by atoms with Gasteiger partial charge in [-0.05, 0) is 48.0 Å². The molecular formula is C27H20F3N7S. The molecule has 0 spiro atoms. The Balaban J connectivity index is 1.24. The molecule has 7 rings (SSSR count). The van der Waals surface area contributed by atoms with E-state index in [1.165, 1.54) is 6.07 Å². The quantitative estimate of drug-likeness (QED) is 0.274. The van der Waals surface area contributed by atoms with Crippen LogP contribution < -0.4 is 0 Å². The van der Waals surface area contributed by atoms with Crippen LogP contribution in [0.1, 0.15) is 12.0 Å². The topological polar surface area (TPSA) is 86.4 Å². The Bertz CT molecular complexity index is 1810. The van der Waals surface area contributed by atoms with E-state index < -0.39 is 5.92 Å². The monoisotopic (exact) mass is 531 g/mol. The fourth-order valence-electron chi connectivity index (χ4n) is 4.98. The van der Waals surface area contributed by atoms with Gasteiger partial charge >= 0.3 is 0 Å². The molecule has 0 amide bonds. The molecule has 0 aromatic carbocycles. The first-order valence-corrected chi connectivity index (χ1v) is 12.9. The predicted octanol–water partition coefficient (Wildman–Crippen LogP) is 6.27. The van der Waals surface area contributed by atoms with Crippen molar-refractivity contribution in [3.05, 3.63) is 71.7 Å². The summed E-state index contributed by atoms with van der Waals surface area (Å²) in [6.07, 6.45) is 5.00. The van der Waals surface area contributed by atoms with Gasteiger partial charge in [0.1, 0.15) is 11.2 Å². The molecular weight excluding hydrogens is 511 g/mol. The number of nitrogens with zero attached hydrogens (tertiary/aromatic N) is 5. The third kappa shape index (κ3) is 4.13. The number of fused-ring (bicyclic) bond motifs is 2. The van der Waals surface area contributed by atoms with Gasteiger partial charge in [0.2, 0.25) is 0 Å². The van der Waals surface area contributed by atoms with Crippen LogP contribution in [0.5, 0.6) is 0 Å². The van der Waals surface area contributed by atoms with Gasteiger partial charge in [-0.15, -0.1) is 11.3 Å². The number of rotatable bonds is 5. The van der Waals surface area contributed by atoms with E-state index >= 15 is 0 Å². The molecule has 1 aliphatic heterocycles. The second-order valence-electron chi connectivity index (χ2n) is 9.47. The van der Waals surface area contributed by atoms with Crippen molar-refractivity contribution in [2.24, 2.45) is 0 Å². The molecule has 0 radical (unpaired) electrons. The summed E-state index contributed by atoms with van der Waals surface area (Å²) in [4.78, 5) is 19.6. The van der Waals surface area contributed by atoms with Gasteiger partial charge < -0.3 is 4.98 Å². The third-order valence-electron chi connectivity index (χ3n) is 6.76. The summed E-state index contributed by atoms with van der Waals surface area (Å²) in [5.74, 6) is -2.63. The first-order valence-electron chi connectivity index (χ1n) is 12.1. The molecule has 1 fully saturated rings. The SMILES string of the molecule is Fc1ccc(-c2nccc3[nH]c(-c4n[nH]c5ccc(-c6cncc(CN7CCC(F)(F)C7)c6)nc45)cc23)s1. The van der Waals surface area contributed by atoms with E-state index in [4.69, 9.17) is 4.98 Å². The second kappa shape index (κ2) is 8.74. The van der Waals surface area contributed by atoms with Crippen molar-refractivity contribution in [2.75, 3.05) is 13.1 Å². The molecule has 6 aromatic heterocycles. The molecule has 190 valence electrons. The van der Waals surface area contributed by atoms with Crippen LogP contribution in [0.15, 0.2) is 61.1 Å². The lowest BCUT2D eigenvalue weighted by atomic mass is 10.1. The zero-order valence-electron chi connectivity index (χ0n) is 19.9. The van der Waals surface area contributed by atoms with Crippen molar-refractivity contribution in [1.29, 1.82) is 0 Å². The Morgan fingerprint density at radius 1 is 1.03 bits per heavy atom. The average molecular weight is 532 g/mol. The van der Waals surface area contributed by atoms with E-state index in [-0.39, 0.29) is 18.1 Å². The Morgan fingerprint density at radius 3 is 2.76 bits per heavy atom. The second-order valence-corrected chi connectivity index (χ2v) is 10.5. The molecule has 0 bridgehead atoms. The summed E-state index contributed by atoms with van der Waals surface area (Å²) in [5.41, 5.74) is 6.75. The number of pyridine rings is 3. The number of aromatic amines is 2. The number of nitrogens with one attached hydrogen (secondary N) is 2. The predicted molar refractivity (Wildman–Crippen MR) is 140 cm³/mol. The lowest BCUT2D eigenvalue weighted by Crippen LogP contribution is -2.24. The van der Waals surface area contributed by atoms with Crippen LogP contribution in [0.25, 0.3) is 55.2 Å². The maximum Gasteiger partial charge on any atom is 0.261 e. The smallest absolute Gasteiger partial charge is 0.261 e. The molecule has 7 nitrogen and oxygen atoms in total. The Labute approximate surface area is 218 Å². The molecule has 2 N–H and O–H groups in total. The summed E-state index contributed by atoms with van der Waals surface area (Å²) < 4.78 is 40.9. The summed E-state index contributed by atoms with van der Waals surface area (Å²) in [6, 6.07) is 12.7. The Kier molecular flexibility index (Phi) is 5.31. The standard InChI is InChI=1S/C27H20F3N7S/c28-23-4-3-22(38-23)24-17-10-21(33-19(17)5-7-32-24)26-25-20(35-36-26)2-1-18(34-25)16-9-15(11-31-12-16)13-37-8-6-27(29,30)14-37/h1-5,7,9-12,33H,6,8,13-14H2,(H,35,36). The summed E-state index contributed by atoms with van der Waals surface area (Å²) in [6.45, 7) is 0.543. The van der Waals surface area contributed by atoms with Crippen LogP contribution in [0.3, 0.4) is 0 Å². The maximum atomic E-state index is 13.7. The molecule has 6 aromatic rings. The minimum atomic E-state index is -2.63. The van der Waals surface area contributed by atoms with Crippen molar-refractivity contribution in [3.63, 3.8) is 0 Å². The average Bonchev–Trinajstić information content (AvgIpc) is 3.69. The van der Waals surface area contributed by atoms with Crippen LogP contribution in [0, 0.1) is 5.13 Å². The minimum absolute atomic E-state index is 0.114. The fraction of sp³-hybridized carbons (Fsp3) is 0.185. The first-order chi connectivity index (χ1) is 18.4. The molecule has 0 atom stereocenters. The van der Waals surface area contributed by atoms with Crippen molar-refractivity contribution < 1.29 is 13.2 Å². The molecule has 38 heavy (non-hydrogen) atoms. The number of halogens is 3. The zero-order valence-corrected chi connectivity index (χ0v) is 20.7. The van der Waals surface area contributed by atoms with Gasteiger partial charge in [-0.25, -0.2) is 13.8 Å². The van der Waals surface area contributed by atoms with Crippen molar-refractivity contribution in [1.82, 2.24) is 35.0 Å². The van der Waals surface area contributed by atoms with Gasteiger partial charge in [0.05, 0.1) is 34.0 Å². The number of aromatic nitrogens is 6. The van der Waals surface area contributed by atoms with E-state index in [0.29, 0.717) is 35.7 Å². The van der Waals surface area contributed by atoms with Crippen LogP contribution >= 0.6 is 11.3 Å². The van der Waals surface area contributed by atoms with Crippen LogP contribution in [0.4, 0.5) is 13.2 Å². The molecule has 11 heteroatoms. The lowest BCUT2D eigenvalue weighted by molar-refractivity contribution is 0.0115. The minimum Gasteiger partial charge on any atom is -0.353 e. The summed E-state index contributed by atoms with van der Waals surface area (Å²) in [5, 5.41) is 8.15. The lowest BCUT2D eigenvalue weighted by Gasteiger charge is -2.15. The van der Waals surface area contributed by atoms with Gasteiger partial charge in [-0.2, -0.15) is 9.49 Å². The number of H-pyrrole nitrogens is 2. The van der Waals surface area contributed by atoms with Gasteiger partial charge in [0, 0.05) is 54.6 Å². The van der Waals surface area contributed by atoms with Gasteiger partial charge in [-0.1, -0.05) is 0 Å². The largest absolute Gasteiger partial charge is 0.353 e. The third-order valence-corrected chi connectivity index (χ3v) is 7.64. The van der Waals surface area contributed by atoms with Crippen molar-refractivity contribution >= 4 is 33.3 Å². The molecule has 0 aliphatic carbocycles. The highest BCUT2D eigenvalue weighted by Gasteiger charge is 2.37. The van der Waals surface area contributed by atoms with Gasteiger partial charge in [0.15, 0.2) is 5.13 Å². The van der Waals surface area contributed by atoms with E-state index in [9.17, 15) is 13.2 Å². The van der Waals surface area contributed by atoms with Crippen LogP contribution in [-0.4, -0.2) is 54.0 Å². The van der Waals surface area contributed by atoms with E-state index in [1.54, 1.807) is 29.6 Å². The molecule has 1 saturated heterocycles. The molecule has 7 heterocycles.